The molecule has 0 spiro atoms. The van der Waals surface area contributed by atoms with E-state index in [9.17, 15) is 16.8 Å². The average molecular weight is 396 g/mol. The fraction of sp³-hybridized carbons (Fsp3) is 0.538. The number of fused-ring (bicyclic) bond motifs is 1. The normalized spacial score (nSPS) is 21.2. The van der Waals surface area contributed by atoms with Crippen LogP contribution in [0.3, 0.4) is 0 Å². The van der Waals surface area contributed by atoms with Crippen molar-refractivity contribution in [2.75, 3.05) is 33.4 Å². The summed E-state index contributed by atoms with van der Waals surface area (Å²) in [5.41, 5.74) is 0.461. The number of sulfonamides is 2. The van der Waals surface area contributed by atoms with Gasteiger partial charge in [0.25, 0.3) is 10.0 Å². The van der Waals surface area contributed by atoms with Crippen LogP contribution in [0.1, 0.15) is 18.5 Å². The Morgan fingerprint density at radius 3 is 2.79 bits per heavy atom. The monoisotopic (exact) mass is 395 g/mol. The van der Waals surface area contributed by atoms with Crippen molar-refractivity contribution in [3.05, 3.63) is 23.8 Å². The Bertz CT molecular complexity index is 814. The predicted molar refractivity (Wildman–Crippen MR) is 91.9 cm³/mol. The third-order valence-corrected chi connectivity index (χ3v) is 8.44. The van der Waals surface area contributed by atoms with Crippen LogP contribution in [0.15, 0.2) is 26.6 Å². The van der Waals surface area contributed by atoms with Gasteiger partial charge >= 0.3 is 0 Å². The maximum Gasteiger partial charge on any atom is 0.253 e. The zero-order valence-corrected chi connectivity index (χ0v) is 15.9. The smallest absolute Gasteiger partial charge is 0.253 e. The van der Waals surface area contributed by atoms with Crippen LogP contribution in [0.4, 0.5) is 0 Å². The van der Waals surface area contributed by atoms with Gasteiger partial charge in [-0.2, -0.15) is 4.31 Å². The number of hydrogen-bond acceptors (Lipinski definition) is 7. The van der Waals surface area contributed by atoms with Crippen molar-refractivity contribution in [3.63, 3.8) is 0 Å². The molecule has 0 bridgehead atoms. The van der Waals surface area contributed by atoms with Crippen molar-refractivity contribution >= 4 is 31.4 Å². The number of rotatable bonds is 7. The molecule has 2 heterocycles. The molecule has 24 heavy (non-hydrogen) atoms. The molecule has 11 heteroatoms. The zero-order valence-electron chi connectivity index (χ0n) is 13.4. The molecule has 1 aliphatic rings. The van der Waals surface area contributed by atoms with Crippen LogP contribution >= 0.6 is 11.3 Å². The molecule has 0 radical (unpaired) electrons. The summed E-state index contributed by atoms with van der Waals surface area (Å²) >= 11 is 0.695. The lowest BCUT2D eigenvalue weighted by Crippen LogP contribution is -2.43. The average Bonchev–Trinajstić information content (AvgIpc) is 2.95. The second-order valence-corrected chi connectivity index (χ2v) is 10.2. The number of ether oxygens (including phenoxy) is 1. The first-order chi connectivity index (χ1) is 11.2. The van der Waals surface area contributed by atoms with Crippen molar-refractivity contribution in [1.29, 1.82) is 0 Å². The van der Waals surface area contributed by atoms with E-state index in [2.05, 4.69) is 5.32 Å². The fourth-order valence-electron chi connectivity index (χ4n) is 2.42. The van der Waals surface area contributed by atoms with E-state index in [0.717, 1.165) is 0 Å². The number of nitrogens with zero attached hydrogens (tertiary/aromatic N) is 1. The lowest BCUT2D eigenvalue weighted by atomic mass is 10.1. The standard InChI is InChI=1S/C13H21N3O5S3/c1-3-15-11-9-16(6-4-5-7-21-2)24(19,20)13-10(11)8-12(22-13)23(14,17)18/h4-5,8,11,15H,3,6-7,9H2,1-2H3,(H2,14,17,18)/b5-4+. The number of likely N-dealkylation sites (N-methyl/N-ethyl adjacent to an activating group) is 1. The second kappa shape index (κ2) is 7.60. The second-order valence-electron chi connectivity index (χ2n) is 5.21. The van der Waals surface area contributed by atoms with Gasteiger partial charge in [-0.1, -0.05) is 19.1 Å². The number of nitrogens with two attached hydrogens (primary N) is 1. The summed E-state index contributed by atoms with van der Waals surface area (Å²) in [4.78, 5) is 0. The summed E-state index contributed by atoms with van der Waals surface area (Å²) in [7, 11) is -6.16. The van der Waals surface area contributed by atoms with Crippen LogP contribution < -0.4 is 10.5 Å². The van der Waals surface area contributed by atoms with E-state index in [1.54, 1.807) is 19.3 Å². The summed E-state index contributed by atoms with van der Waals surface area (Å²) < 4.78 is 54.8. The molecule has 8 nitrogen and oxygen atoms in total. The molecule has 136 valence electrons. The molecular weight excluding hydrogens is 374 g/mol. The first-order valence-electron chi connectivity index (χ1n) is 7.25. The van der Waals surface area contributed by atoms with E-state index >= 15 is 0 Å². The summed E-state index contributed by atoms with van der Waals surface area (Å²) in [6.07, 6.45) is 3.45. The minimum Gasteiger partial charge on any atom is -0.381 e. The molecule has 0 aliphatic carbocycles. The molecule has 1 unspecified atom stereocenters. The third kappa shape index (κ3) is 4.04. The van der Waals surface area contributed by atoms with Crippen LogP contribution in [-0.2, 0) is 24.8 Å². The zero-order chi connectivity index (χ0) is 18.0. The highest BCUT2D eigenvalue weighted by molar-refractivity contribution is 7.94. The van der Waals surface area contributed by atoms with Gasteiger partial charge in [-0.05, 0) is 12.6 Å². The Kier molecular flexibility index (Phi) is 6.18. The molecule has 1 atom stereocenters. The van der Waals surface area contributed by atoms with E-state index in [0.29, 0.717) is 30.1 Å². The van der Waals surface area contributed by atoms with Gasteiger partial charge in [0.15, 0.2) is 0 Å². The highest BCUT2D eigenvalue weighted by Gasteiger charge is 2.39. The van der Waals surface area contributed by atoms with E-state index in [-0.39, 0.29) is 27.5 Å². The minimum atomic E-state index is -3.95. The van der Waals surface area contributed by atoms with Gasteiger partial charge in [0.05, 0.1) is 6.61 Å². The van der Waals surface area contributed by atoms with E-state index in [4.69, 9.17) is 9.88 Å². The molecule has 2 rings (SSSR count). The topological polar surface area (TPSA) is 119 Å². The quantitative estimate of drug-likeness (QED) is 0.639. The summed E-state index contributed by atoms with van der Waals surface area (Å²) in [6, 6.07) is 1.08. The van der Waals surface area contributed by atoms with Crippen LogP contribution in [0.5, 0.6) is 0 Å². The van der Waals surface area contributed by atoms with Gasteiger partial charge in [-0.15, -0.1) is 11.3 Å². The van der Waals surface area contributed by atoms with Gasteiger partial charge in [0.1, 0.15) is 8.42 Å². The molecule has 1 aromatic heterocycles. The summed E-state index contributed by atoms with van der Waals surface area (Å²) in [5, 5.41) is 8.34. The summed E-state index contributed by atoms with van der Waals surface area (Å²) in [6.45, 7) is 3.33. The molecule has 0 saturated carbocycles. The van der Waals surface area contributed by atoms with Crippen LogP contribution in [0.25, 0.3) is 0 Å². The number of nitrogens with one attached hydrogen (secondary N) is 1. The van der Waals surface area contributed by atoms with Crippen molar-refractivity contribution in [3.8, 4) is 0 Å². The van der Waals surface area contributed by atoms with Crippen molar-refractivity contribution in [2.24, 2.45) is 5.14 Å². The molecule has 0 fully saturated rings. The Morgan fingerprint density at radius 2 is 2.21 bits per heavy atom. The molecule has 1 aromatic rings. The Morgan fingerprint density at radius 1 is 1.50 bits per heavy atom. The maximum absolute atomic E-state index is 12.8. The van der Waals surface area contributed by atoms with Crippen molar-refractivity contribution in [1.82, 2.24) is 9.62 Å². The van der Waals surface area contributed by atoms with Crippen LogP contribution in [0, 0.1) is 0 Å². The minimum absolute atomic E-state index is 0.0314. The molecule has 3 N–H and O–H groups in total. The fourth-order valence-corrected chi connectivity index (χ4v) is 6.64. The maximum atomic E-state index is 12.8. The Labute approximate surface area is 146 Å². The van der Waals surface area contributed by atoms with Gasteiger partial charge in [0.2, 0.25) is 10.0 Å². The van der Waals surface area contributed by atoms with E-state index in [1.165, 1.54) is 10.4 Å². The number of methoxy groups -OCH3 is 1. The molecule has 1 aliphatic heterocycles. The van der Waals surface area contributed by atoms with E-state index in [1.807, 2.05) is 6.92 Å². The van der Waals surface area contributed by atoms with Crippen LogP contribution in [0.2, 0.25) is 0 Å². The largest absolute Gasteiger partial charge is 0.381 e. The van der Waals surface area contributed by atoms with E-state index < -0.39 is 20.0 Å². The first kappa shape index (κ1) is 19.5. The van der Waals surface area contributed by atoms with Crippen molar-refractivity contribution in [2.45, 2.75) is 21.4 Å². The highest BCUT2D eigenvalue weighted by atomic mass is 32.3. The molecule has 0 saturated heterocycles. The molecular formula is C13H21N3O5S3. The predicted octanol–water partition coefficient (Wildman–Crippen LogP) is 0.253. The SMILES string of the molecule is CCNC1CN(C/C=C/COC)S(=O)(=O)c2sc(S(N)(=O)=O)cc21. The van der Waals surface area contributed by atoms with Crippen molar-refractivity contribution < 1.29 is 21.6 Å². The highest BCUT2D eigenvalue weighted by Crippen LogP contribution is 2.39. The number of primary sulfonamides is 1. The van der Waals surface area contributed by atoms with Gasteiger partial charge in [0, 0.05) is 31.8 Å². The lowest BCUT2D eigenvalue weighted by molar-refractivity contribution is 0.233. The lowest BCUT2D eigenvalue weighted by Gasteiger charge is -2.31. The van der Waals surface area contributed by atoms with Gasteiger partial charge < -0.3 is 10.1 Å². The first-order valence-corrected chi connectivity index (χ1v) is 11.1. The molecule has 0 amide bonds. The molecule has 0 aromatic carbocycles. The number of thiophene rings is 1. The summed E-state index contributed by atoms with van der Waals surface area (Å²) in [5.74, 6) is 0. The van der Waals surface area contributed by atoms with Gasteiger partial charge in [-0.25, -0.2) is 22.0 Å². The number of hydrogen-bond donors (Lipinski definition) is 2. The third-order valence-electron chi connectivity index (χ3n) is 3.51. The van der Waals surface area contributed by atoms with Crippen LogP contribution in [-0.4, -0.2) is 54.5 Å². The Hall–Kier alpha value is -0.820. The Balaban J connectivity index is 2.43. The van der Waals surface area contributed by atoms with Gasteiger partial charge in [-0.3, -0.25) is 0 Å².